The number of aryl methyl sites for hydroxylation is 2. The molecule has 2 aliphatic rings. The van der Waals surface area contributed by atoms with E-state index >= 15 is 0 Å². The molecule has 0 saturated heterocycles. The number of aromatic nitrogens is 4. The number of carbonyl (C=O) groups is 2. The van der Waals surface area contributed by atoms with Crippen LogP contribution in [0.1, 0.15) is 87.3 Å². The van der Waals surface area contributed by atoms with Crippen LogP contribution < -0.4 is 0 Å². The van der Waals surface area contributed by atoms with Crippen LogP contribution in [-0.2, 0) is 39.3 Å². The number of esters is 2. The zero-order valence-electron chi connectivity index (χ0n) is 28.4. The van der Waals surface area contributed by atoms with Crippen LogP contribution >= 0.6 is 0 Å². The van der Waals surface area contributed by atoms with Gasteiger partial charge >= 0.3 is 11.9 Å². The highest BCUT2D eigenvalue weighted by Gasteiger charge is 2.26. The third-order valence-corrected chi connectivity index (χ3v) is 10.8. The molecule has 0 aliphatic carbocycles. The summed E-state index contributed by atoms with van der Waals surface area (Å²) in [4.78, 5) is 39.6. The van der Waals surface area contributed by atoms with Crippen LogP contribution in [-0.4, -0.2) is 71.0 Å². The summed E-state index contributed by atoms with van der Waals surface area (Å²) in [5, 5.41) is 0. The first-order chi connectivity index (χ1) is 23.4. The SMILES string of the molecule is CCOC(=O)CCC1=C(C)c2cc3[nH]c(cc4[nH]c(cc5nc(cc1n2)C(CCC(=O)OCC)=C5C)c(S(=O)(=O)O)c4C)c(S(=O)(=O)O)c3C. The molecule has 0 amide bonds. The van der Waals surface area contributed by atoms with Crippen molar-refractivity contribution in [2.45, 2.75) is 77.0 Å². The number of allylic oxidation sites excluding steroid dienone is 4. The first kappa shape index (κ1) is 36.6. The Labute approximate surface area is 289 Å². The van der Waals surface area contributed by atoms with Gasteiger partial charge in [0.25, 0.3) is 20.2 Å². The first-order valence-corrected chi connectivity index (χ1v) is 18.7. The van der Waals surface area contributed by atoms with E-state index < -0.39 is 42.0 Å². The summed E-state index contributed by atoms with van der Waals surface area (Å²) in [5.74, 6) is -0.804. The van der Waals surface area contributed by atoms with E-state index in [9.17, 15) is 35.5 Å². The number of hydrogen-bond acceptors (Lipinski definition) is 10. The third kappa shape index (κ3) is 7.28. The second kappa shape index (κ2) is 13.9. The van der Waals surface area contributed by atoms with Crippen molar-refractivity contribution in [3.8, 4) is 0 Å². The molecule has 5 rings (SSSR count). The number of fused-ring (bicyclic) bond motifs is 8. The van der Waals surface area contributed by atoms with Gasteiger partial charge in [-0.2, -0.15) is 16.8 Å². The Hall–Kier alpha value is -4.64. The van der Waals surface area contributed by atoms with Gasteiger partial charge < -0.3 is 19.4 Å². The van der Waals surface area contributed by atoms with Crippen molar-refractivity contribution >= 4 is 76.5 Å². The summed E-state index contributed by atoms with van der Waals surface area (Å²) in [6, 6.07) is 6.12. The van der Waals surface area contributed by atoms with Gasteiger partial charge in [-0.1, -0.05) is 0 Å². The number of nitrogens with one attached hydrogen (secondary N) is 2. The number of H-pyrrole nitrogens is 2. The molecule has 50 heavy (non-hydrogen) atoms. The van der Waals surface area contributed by atoms with E-state index in [0.717, 1.165) is 0 Å². The maximum atomic E-state index is 12.7. The van der Waals surface area contributed by atoms with E-state index in [1.165, 1.54) is 26.0 Å². The summed E-state index contributed by atoms with van der Waals surface area (Å²) >= 11 is 0. The van der Waals surface area contributed by atoms with Gasteiger partial charge in [0, 0.05) is 23.9 Å². The molecular weight excluding hydrogens is 689 g/mol. The van der Waals surface area contributed by atoms with Crippen molar-refractivity contribution in [1.29, 1.82) is 0 Å². The van der Waals surface area contributed by atoms with Crippen LogP contribution in [0.3, 0.4) is 0 Å². The molecule has 0 saturated carbocycles. The van der Waals surface area contributed by atoms with Crippen molar-refractivity contribution in [1.82, 2.24) is 19.9 Å². The molecule has 14 nitrogen and oxygen atoms in total. The average molecular weight is 727 g/mol. The maximum absolute atomic E-state index is 12.7. The van der Waals surface area contributed by atoms with Crippen LogP contribution in [0.5, 0.6) is 0 Å². The summed E-state index contributed by atoms with van der Waals surface area (Å²) < 4.78 is 81.5. The van der Waals surface area contributed by atoms with Crippen molar-refractivity contribution in [3.63, 3.8) is 0 Å². The van der Waals surface area contributed by atoms with Gasteiger partial charge in [0.2, 0.25) is 0 Å². The summed E-state index contributed by atoms with van der Waals surface area (Å²) in [7, 11) is -9.60. The van der Waals surface area contributed by atoms with E-state index in [2.05, 4.69) is 9.97 Å². The number of carbonyl (C=O) groups excluding carboxylic acids is 2. The lowest BCUT2D eigenvalue weighted by Crippen LogP contribution is -2.04. The number of aromatic amines is 2. The third-order valence-electron chi connectivity index (χ3n) is 8.70. The summed E-state index contributed by atoms with van der Waals surface area (Å²) in [6.07, 6.45) is 0.604. The molecule has 0 spiro atoms. The van der Waals surface area contributed by atoms with Gasteiger partial charge in [-0.3, -0.25) is 18.7 Å². The van der Waals surface area contributed by atoms with Crippen molar-refractivity contribution < 1.29 is 45.0 Å². The minimum atomic E-state index is -4.81. The fourth-order valence-electron chi connectivity index (χ4n) is 6.27. The molecular formula is C34H38N4O10S2. The molecule has 5 heterocycles. The summed E-state index contributed by atoms with van der Waals surface area (Å²) in [5.41, 5.74) is 5.05. The van der Waals surface area contributed by atoms with E-state index in [-0.39, 0.29) is 66.6 Å². The highest BCUT2D eigenvalue weighted by Crippen LogP contribution is 2.38. The van der Waals surface area contributed by atoms with Crippen LogP contribution in [0.4, 0.5) is 0 Å². The van der Waals surface area contributed by atoms with Gasteiger partial charge in [-0.25, -0.2) is 9.97 Å². The maximum Gasteiger partial charge on any atom is 0.306 e. The van der Waals surface area contributed by atoms with Gasteiger partial charge in [0.1, 0.15) is 9.79 Å². The molecule has 3 aromatic heterocycles. The quantitative estimate of drug-likeness (QED) is 0.140. The van der Waals surface area contributed by atoms with Crippen molar-refractivity contribution in [2.24, 2.45) is 0 Å². The fraction of sp³-hybridized carbons (Fsp3) is 0.353. The van der Waals surface area contributed by atoms with E-state index in [1.54, 1.807) is 32.9 Å². The Bertz CT molecular complexity index is 2380. The Balaban J connectivity index is 1.93. The van der Waals surface area contributed by atoms with E-state index in [4.69, 9.17) is 19.4 Å². The van der Waals surface area contributed by atoms with Gasteiger partial charge in [0.05, 0.1) is 47.0 Å². The smallest absolute Gasteiger partial charge is 0.306 e. The van der Waals surface area contributed by atoms with Crippen molar-refractivity contribution in [3.05, 3.63) is 58.2 Å². The topological polar surface area (TPSA) is 219 Å². The summed E-state index contributed by atoms with van der Waals surface area (Å²) in [6.45, 7) is 10.4. The lowest BCUT2D eigenvalue weighted by atomic mass is 9.98. The Kier molecular flexibility index (Phi) is 10.2. The number of rotatable bonds is 10. The highest BCUT2D eigenvalue weighted by molar-refractivity contribution is 7.86. The van der Waals surface area contributed by atoms with Crippen LogP contribution in [0, 0.1) is 13.8 Å². The molecule has 0 atom stereocenters. The zero-order chi connectivity index (χ0) is 36.7. The lowest BCUT2D eigenvalue weighted by molar-refractivity contribution is -0.143. The molecule has 0 aromatic carbocycles. The standard InChI is InChI=1S/C34H38N4O10S2/c1-7-47-31(39)11-9-21-17(3)23-13-25-19(5)33(49(41,42)43)30(37-25)15-26-20(6)34(50(44,45)46)29(38-26)14-24-18(4)22(10-12-32(40)48-8-2)28(36-24)16-27(21)35-23/h13-16,37-38H,7-12H2,1-6H3,(H,41,42,43)(H,44,45,46). The second-order valence-electron chi connectivity index (χ2n) is 11.9. The largest absolute Gasteiger partial charge is 0.466 e. The number of nitrogens with zero attached hydrogens (tertiary/aromatic N) is 2. The molecule has 266 valence electrons. The second-order valence-corrected chi connectivity index (χ2v) is 14.6. The minimum Gasteiger partial charge on any atom is -0.466 e. The number of ether oxygens (including phenoxy) is 2. The fourth-order valence-corrected chi connectivity index (χ4v) is 8.04. The monoisotopic (exact) mass is 726 g/mol. The van der Waals surface area contributed by atoms with Crippen molar-refractivity contribution in [2.75, 3.05) is 13.2 Å². The van der Waals surface area contributed by atoms with E-state index in [1.807, 2.05) is 6.92 Å². The van der Waals surface area contributed by atoms with Crippen LogP contribution in [0.25, 0.3) is 44.4 Å². The molecule has 0 radical (unpaired) electrons. The Morgan fingerprint density at radius 2 is 1.00 bits per heavy atom. The molecule has 8 bridgehead atoms. The van der Waals surface area contributed by atoms with Crippen LogP contribution in [0.2, 0.25) is 0 Å². The minimum absolute atomic E-state index is 0.0319. The molecule has 0 unspecified atom stereocenters. The van der Waals surface area contributed by atoms with Gasteiger partial charge in [-0.15, -0.1) is 0 Å². The van der Waals surface area contributed by atoms with E-state index in [0.29, 0.717) is 50.6 Å². The zero-order valence-corrected chi connectivity index (χ0v) is 30.1. The predicted molar refractivity (Wildman–Crippen MR) is 187 cm³/mol. The van der Waals surface area contributed by atoms with Gasteiger partial charge in [0.15, 0.2) is 0 Å². The molecule has 2 aliphatic heterocycles. The highest BCUT2D eigenvalue weighted by atomic mass is 32.2. The first-order valence-electron chi connectivity index (χ1n) is 15.9. The normalized spacial score (nSPS) is 13.6. The van der Waals surface area contributed by atoms with Gasteiger partial charge in [-0.05, 0) is 112 Å². The van der Waals surface area contributed by atoms with Crippen LogP contribution in [0.15, 0.2) is 34.1 Å². The lowest BCUT2D eigenvalue weighted by Gasteiger charge is -2.07. The molecule has 4 N–H and O–H groups in total. The average Bonchev–Trinajstić information content (AvgIpc) is 3.68. The number of hydrogen-bond donors (Lipinski definition) is 4. The Morgan fingerprint density at radius 3 is 1.40 bits per heavy atom. The molecule has 3 aromatic rings. The molecule has 16 heteroatoms. The predicted octanol–water partition coefficient (Wildman–Crippen LogP) is 5.97. The molecule has 0 fully saturated rings. The Morgan fingerprint density at radius 1 is 0.620 bits per heavy atom.